The molecule has 1 aromatic carbocycles. The lowest BCUT2D eigenvalue weighted by Crippen LogP contribution is -2.31. The Morgan fingerprint density at radius 3 is 2.33 bits per heavy atom. The molecule has 6 heteroatoms. The number of benzene rings is 1. The van der Waals surface area contributed by atoms with Crippen molar-refractivity contribution in [3.63, 3.8) is 0 Å². The van der Waals surface area contributed by atoms with Gasteiger partial charge in [-0.1, -0.05) is 12.1 Å². The number of hydrogen-bond acceptors (Lipinski definition) is 6. The summed E-state index contributed by atoms with van der Waals surface area (Å²) < 4.78 is 27.5. The van der Waals surface area contributed by atoms with Crippen molar-refractivity contribution in [1.29, 1.82) is 0 Å². The van der Waals surface area contributed by atoms with Gasteiger partial charge in [0.1, 0.15) is 17.5 Å². The molecule has 1 aliphatic heterocycles. The van der Waals surface area contributed by atoms with Gasteiger partial charge in [-0.2, -0.15) is 0 Å². The second-order valence-electron chi connectivity index (χ2n) is 7.14. The van der Waals surface area contributed by atoms with E-state index in [0.29, 0.717) is 6.61 Å². The predicted octanol–water partition coefficient (Wildman–Crippen LogP) is 3.84. The molecule has 1 fully saturated rings. The molecule has 0 spiro atoms. The average molecular weight is 338 g/mol. The number of rotatable bonds is 4. The van der Waals surface area contributed by atoms with Crippen molar-refractivity contribution < 1.29 is 28.5 Å². The van der Waals surface area contributed by atoms with Crippen LogP contribution in [0.4, 0.5) is 4.79 Å². The topological polar surface area (TPSA) is 63.2 Å². The molecule has 0 amide bonds. The summed E-state index contributed by atoms with van der Waals surface area (Å²) in [5.74, 6) is 0.00541. The smallest absolute Gasteiger partial charge is 0.497 e. The molecule has 0 aliphatic carbocycles. The van der Waals surface area contributed by atoms with Crippen LogP contribution in [0.15, 0.2) is 24.3 Å². The lowest BCUT2D eigenvalue weighted by Gasteiger charge is -2.26. The Morgan fingerprint density at radius 2 is 1.88 bits per heavy atom. The van der Waals surface area contributed by atoms with E-state index in [1.165, 1.54) is 0 Å². The summed E-state index contributed by atoms with van der Waals surface area (Å²) in [6.07, 6.45) is -1.79. The van der Waals surface area contributed by atoms with Crippen LogP contribution in [0.2, 0.25) is 0 Å². The summed E-state index contributed by atoms with van der Waals surface area (Å²) in [5, 5.41) is 0. The van der Waals surface area contributed by atoms with E-state index < -0.39 is 29.8 Å². The van der Waals surface area contributed by atoms with Gasteiger partial charge in [-0.25, -0.2) is 4.79 Å². The fourth-order valence-corrected chi connectivity index (χ4v) is 2.39. The van der Waals surface area contributed by atoms with Crippen LogP contribution >= 0.6 is 0 Å². The first-order chi connectivity index (χ1) is 11.1. The normalized spacial score (nSPS) is 21.2. The van der Waals surface area contributed by atoms with Crippen molar-refractivity contribution in [1.82, 2.24) is 0 Å². The van der Waals surface area contributed by atoms with E-state index >= 15 is 0 Å². The Kier molecular flexibility index (Phi) is 5.40. The Labute approximate surface area is 143 Å². The molecule has 2 unspecified atom stereocenters. The standard InChI is InChI=1S/C18H26O6/c1-17(2,3)24-16(19)22-15(14-11-21-18(4,5)23-14)12-7-9-13(20-6)10-8-12/h7-10,14-15H,11H2,1-6H3. The van der Waals surface area contributed by atoms with Gasteiger partial charge >= 0.3 is 6.16 Å². The van der Waals surface area contributed by atoms with Gasteiger partial charge in [-0.15, -0.1) is 0 Å². The summed E-state index contributed by atoms with van der Waals surface area (Å²) in [7, 11) is 1.60. The molecule has 134 valence electrons. The summed E-state index contributed by atoms with van der Waals surface area (Å²) in [4.78, 5) is 12.1. The summed E-state index contributed by atoms with van der Waals surface area (Å²) >= 11 is 0. The Bertz CT molecular complexity index is 558. The van der Waals surface area contributed by atoms with Gasteiger partial charge in [0.05, 0.1) is 13.7 Å². The van der Waals surface area contributed by atoms with Crippen molar-refractivity contribution in [3.8, 4) is 5.75 Å². The lowest BCUT2D eigenvalue weighted by molar-refractivity contribution is -0.155. The maximum absolute atomic E-state index is 12.1. The molecular formula is C18H26O6. The minimum absolute atomic E-state index is 0.326. The quantitative estimate of drug-likeness (QED) is 0.777. The molecule has 0 bridgehead atoms. The van der Waals surface area contributed by atoms with Crippen molar-refractivity contribution in [3.05, 3.63) is 29.8 Å². The highest BCUT2D eigenvalue weighted by Crippen LogP contribution is 2.34. The third-order valence-electron chi connectivity index (χ3n) is 3.43. The fourth-order valence-electron chi connectivity index (χ4n) is 2.39. The predicted molar refractivity (Wildman–Crippen MR) is 88.0 cm³/mol. The van der Waals surface area contributed by atoms with Crippen LogP contribution in [0.25, 0.3) is 0 Å². The number of ether oxygens (including phenoxy) is 5. The van der Waals surface area contributed by atoms with Crippen LogP contribution < -0.4 is 4.74 Å². The van der Waals surface area contributed by atoms with Gasteiger partial charge in [-0.3, -0.25) is 0 Å². The molecule has 1 aliphatic rings. The minimum Gasteiger partial charge on any atom is -0.497 e. The van der Waals surface area contributed by atoms with Gasteiger partial charge in [-0.05, 0) is 52.3 Å². The molecule has 1 aromatic rings. The lowest BCUT2D eigenvalue weighted by atomic mass is 10.0. The van der Waals surface area contributed by atoms with Crippen LogP contribution in [0, 0.1) is 0 Å². The van der Waals surface area contributed by atoms with Crippen LogP contribution in [-0.4, -0.2) is 37.4 Å². The van der Waals surface area contributed by atoms with E-state index in [0.717, 1.165) is 11.3 Å². The van der Waals surface area contributed by atoms with E-state index in [-0.39, 0.29) is 0 Å². The molecule has 0 saturated carbocycles. The number of carbonyl (C=O) groups excluding carboxylic acids is 1. The van der Waals surface area contributed by atoms with E-state index in [1.54, 1.807) is 27.9 Å². The second kappa shape index (κ2) is 6.99. The zero-order chi connectivity index (χ0) is 18.0. The summed E-state index contributed by atoms with van der Waals surface area (Å²) in [6.45, 7) is 9.34. The molecule has 6 nitrogen and oxygen atoms in total. The number of hydrogen-bond donors (Lipinski definition) is 0. The monoisotopic (exact) mass is 338 g/mol. The van der Waals surface area contributed by atoms with Crippen LogP contribution in [0.1, 0.15) is 46.3 Å². The second-order valence-corrected chi connectivity index (χ2v) is 7.14. The van der Waals surface area contributed by atoms with Crippen molar-refractivity contribution >= 4 is 6.16 Å². The van der Waals surface area contributed by atoms with E-state index in [2.05, 4.69) is 0 Å². The Hall–Kier alpha value is -1.79. The van der Waals surface area contributed by atoms with E-state index in [1.807, 2.05) is 38.1 Å². The molecule has 2 rings (SSSR count). The molecule has 2 atom stereocenters. The number of methoxy groups -OCH3 is 1. The number of carbonyl (C=O) groups is 1. The van der Waals surface area contributed by atoms with Gasteiger partial charge in [0.15, 0.2) is 11.9 Å². The fraction of sp³-hybridized carbons (Fsp3) is 0.611. The Balaban J connectivity index is 2.19. The van der Waals surface area contributed by atoms with Gasteiger partial charge in [0, 0.05) is 0 Å². The molecular weight excluding hydrogens is 312 g/mol. The third kappa shape index (κ3) is 5.11. The zero-order valence-electron chi connectivity index (χ0n) is 15.1. The van der Waals surface area contributed by atoms with Gasteiger partial charge in [0.25, 0.3) is 0 Å². The van der Waals surface area contributed by atoms with Crippen molar-refractivity contribution in [2.45, 2.75) is 58.2 Å². The highest BCUT2D eigenvalue weighted by Gasteiger charge is 2.40. The van der Waals surface area contributed by atoms with Crippen LogP contribution in [0.3, 0.4) is 0 Å². The van der Waals surface area contributed by atoms with Crippen molar-refractivity contribution in [2.24, 2.45) is 0 Å². The third-order valence-corrected chi connectivity index (χ3v) is 3.43. The highest BCUT2D eigenvalue weighted by molar-refractivity contribution is 5.61. The molecule has 0 N–H and O–H groups in total. The first kappa shape index (κ1) is 18.5. The molecule has 0 aromatic heterocycles. The summed E-state index contributed by atoms with van der Waals surface area (Å²) in [5.41, 5.74) is 0.154. The SMILES string of the molecule is COc1ccc(C(OC(=O)OC(C)(C)C)C2COC(C)(C)O2)cc1. The largest absolute Gasteiger partial charge is 0.509 e. The minimum atomic E-state index is -0.739. The van der Waals surface area contributed by atoms with Crippen molar-refractivity contribution in [2.75, 3.05) is 13.7 Å². The molecule has 1 heterocycles. The van der Waals surface area contributed by atoms with E-state index in [4.69, 9.17) is 23.7 Å². The van der Waals surface area contributed by atoms with E-state index in [9.17, 15) is 4.79 Å². The first-order valence-electron chi connectivity index (χ1n) is 7.95. The molecule has 0 radical (unpaired) electrons. The van der Waals surface area contributed by atoms with Gasteiger partial charge < -0.3 is 23.7 Å². The molecule has 1 saturated heterocycles. The van der Waals surface area contributed by atoms with Crippen LogP contribution in [-0.2, 0) is 18.9 Å². The zero-order valence-corrected chi connectivity index (χ0v) is 15.1. The first-order valence-corrected chi connectivity index (χ1v) is 7.95. The van der Waals surface area contributed by atoms with Crippen LogP contribution in [0.5, 0.6) is 5.75 Å². The Morgan fingerprint density at radius 1 is 1.25 bits per heavy atom. The maximum Gasteiger partial charge on any atom is 0.509 e. The highest BCUT2D eigenvalue weighted by atomic mass is 16.8. The average Bonchev–Trinajstić information content (AvgIpc) is 2.83. The maximum atomic E-state index is 12.1. The molecule has 24 heavy (non-hydrogen) atoms. The summed E-state index contributed by atoms with van der Waals surface area (Å²) in [6, 6.07) is 7.29. The van der Waals surface area contributed by atoms with Gasteiger partial charge in [0.2, 0.25) is 0 Å².